The molecule has 0 aliphatic carbocycles. The number of nitrogens with one attached hydrogen (secondary N) is 1. The Morgan fingerprint density at radius 1 is 1.12 bits per heavy atom. The smallest absolute Gasteiger partial charge is 0.241 e. The van der Waals surface area contributed by atoms with Gasteiger partial charge in [-0.05, 0) is 43.2 Å². The minimum absolute atomic E-state index is 0.223. The molecule has 0 radical (unpaired) electrons. The lowest BCUT2D eigenvalue weighted by Gasteiger charge is -2.21. The lowest BCUT2D eigenvalue weighted by molar-refractivity contribution is -0.129. The average molecular weight is 476 g/mol. The van der Waals surface area contributed by atoms with Gasteiger partial charge in [-0.3, -0.25) is 9.59 Å². The van der Waals surface area contributed by atoms with Crippen molar-refractivity contribution in [3.63, 3.8) is 0 Å². The predicted molar refractivity (Wildman–Crippen MR) is 127 cm³/mol. The van der Waals surface area contributed by atoms with Gasteiger partial charge < -0.3 is 14.8 Å². The van der Waals surface area contributed by atoms with Crippen LogP contribution in [-0.4, -0.2) is 35.2 Å². The number of halogens is 1. The van der Waals surface area contributed by atoms with Gasteiger partial charge in [-0.1, -0.05) is 41.6 Å². The van der Waals surface area contributed by atoms with E-state index in [0.29, 0.717) is 30.6 Å². The third-order valence-electron chi connectivity index (χ3n) is 4.66. The average Bonchev–Trinajstić information content (AvgIpc) is 3.15. The fourth-order valence-corrected chi connectivity index (χ4v) is 4.48. The number of nitrogens with zero attached hydrogens (tertiary/aromatic N) is 2. The monoisotopic (exact) mass is 475 g/mol. The Labute approximate surface area is 197 Å². The normalized spacial score (nSPS) is 15.3. The Hall–Kier alpha value is -2.71. The molecule has 0 unspecified atom stereocenters. The highest BCUT2D eigenvalue weighted by Crippen LogP contribution is 2.42. The first-order valence-electron chi connectivity index (χ1n) is 10.2. The molecule has 2 aromatic rings. The molecule has 2 aromatic carbocycles. The number of carbonyl (C=O) groups is 2. The first-order valence-corrected chi connectivity index (χ1v) is 11.5. The van der Waals surface area contributed by atoms with Gasteiger partial charge in [-0.25, -0.2) is 5.01 Å². The molecule has 0 saturated carbocycles. The summed E-state index contributed by atoms with van der Waals surface area (Å²) in [6.07, 6.45) is 0.678. The maximum atomic E-state index is 12.1. The van der Waals surface area contributed by atoms with E-state index in [2.05, 4.69) is 10.4 Å². The molecule has 0 bridgehead atoms. The number of amides is 2. The van der Waals surface area contributed by atoms with Gasteiger partial charge in [-0.15, -0.1) is 5.10 Å². The van der Waals surface area contributed by atoms with E-state index in [1.807, 2.05) is 50.2 Å². The molecular formula is C23H26ClN3O4S. The quantitative estimate of drug-likeness (QED) is 0.581. The van der Waals surface area contributed by atoms with Gasteiger partial charge in [0.25, 0.3) is 0 Å². The number of hydrogen-bond acceptors (Lipinski definition) is 6. The van der Waals surface area contributed by atoms with Gasteiger partial charge in [0.05, 0.1) is 13.2 Å². The molecular weight excluding hydrogens is 450 g/mol. The van der Waals surface area contributed by atoms with Crippen LogP contribution >= 0.6 is 23.4 Å². The van der Waals surface area contributed by atoms with Crippen LogP contribution in [0.25, 0.3) is 0 Å². The van der Waals surface area contributed by atoms with Gasteiger partial charge in [0.15, 0.2) is 5.17 Å². The molecule has 0 aromatic heterocycles. The molecule has 7 nitrogen and oxygen atoms in total. The number of hydrogen-bond donors (Lipinski definition) is 1. The summed E-state index contributed by atoms with van der Waals surface area (Å²) in [4.78, 5) is 23.5. The fraction of sp³-hybridized carbons (Fsp3) is 0.348. The zero-order valence-corrected chi connectivity index (χ0v) is 20.0. The number of carbonyl (C=O) groups excluding carboxylic acids is 2. The van der Waals surface area contributed by atoms with E-state index in [1.165, 1.54) is 30.6 Å². The molecule has 9 heteroatoms. The molecule has 1 N–H and O–H groups in total. The first kappa shape index (κ1) is 23.9. The van der Waals surface area contributed by atoms with E-state index < -0.39 is 5.37 Å². The van der Waals surface area contributed by atoms with Crippen molar-refractivity contribution in [2.24, 2.45) is 5.10 Å². The van der Waals surface area contributed by atoms with Crippen LogP contribution < -0.4 is 14.8 Å². The van der Waals surface area contributed by atoms with Crippen molar-refractivity contribution in [2.45, 2.75) is 39.5 Å². The summed E-state index contributed by atoms with van der Waals surface area (Å²) in [5, 5.41) is 8.96. The van der Waals surface area contributed by atoms with Crippen LogP contribution in [0.1, 0.15) is 42.3 Å². The largest absolute Gasteiger partial charge is 0.493 e. The number of para-hydroxylation sites is 1. The summed E-state index contributed by atoms with van der Waals surface area (Å²) < 4.78 is 11.8. The second kappa shape index (κ2) is 10.7. The van der Waals surface area contributed by atoms with Crippen molar-refractivity contribution in [3.05, 3.63) is 58.1 Å². The molecule has 1 aliphatic heterocycles. The van der Waals surface area contributed by atoms with Crippen LogP contribution in [0, 0.1) is 13.8 Å². The van der Waals surface area contributed by atoms with Gasteiger partial charge in [0.2, 0.25) is 11.8 Å². The molecule has 2 amide bonds. The fourth-order valence-electron chi connectivity index (χ4n) is 3.20. The zero-order chi connectivity index (χ0) is 23.3. The van der Waals surface area contributed by atoms with Crippen molar-refractivity contribution >= 4 is 40.3 Å². The number of amidine groups is 1. The number of benzene rings is 2. The number of aryl methyl sites for hydroxylation is 2. The Bertz CT molecular complexity index is 1020. The van der Waals surface area contributed by atoms with Crippen LogP contribution in [0.15, 0.2) is 41.5 Å². The van der Waals surface area contributed by atoms with Crippen LogP contribution in [0.4, 0.5) is 0 Å². The van der Waals surface area contributed by atoms with Gasteiger partial charge >= 0.3 is 0 Å². The van der Waals surface area contributed by atoms with E-state index in [-0.39, 0.29) is 11.8 Å². The van der Waals surface area contributed by atoms with Crippen LogP contribution in [0.3, 0.4) is 0 Å². The third kappa shape index (κ3) is 5.95. The zero-order valence-electron chi connectivity index (χ0n) is 18.5. The van der Waals surface area contributed by atoms with Gasteiger partial charge in [-0.2, -0.15) is 0 Å². The SMILES string of the molecule is CC(=O)NC1=NN(C(C)=O)[C@H](c2ccccc2OCCCOc2cc(C)c(Cl)c(C)c2)S1. The van der Waals surface area contributed by atoms with Crippen molar-refractivity contribution in [1.29, 1.82) is 0 Å². The number of hydrazone groups is 1. The Balaban J connectivity index is 1.60. The van der Waals surface area contributed by atoms with Crippen molar-refractivity contribution < 1.29 is 19.1 Å². The molecule has 3 rings (SSSR count). The summed E-state index contributed by atoms with van der Waals surface area (Å²) in [7, 11) is 0. The highest BCUT2D eigenvalue weighted by molar-refractivity contribution is 8.14. The Morgan fingerprint density at radius 2 is 1.78 bits per heavy atom. The third-order valence-corrected chi connectivity index (χ3v) is 6.34. The van der Waals surface area contributed by atoms with Crippen LogP contribution in [0.5, 0.6) is 11.5 Å². The van der Waals surface area contributed by atoms with Crippen LogP contribution in [0.2, 0.25) is 5.02 Å². The molecule has 1 aliphatic rings. The summed E-state index contributed by atoms with van der Waals surface area (Å²) >= 11 is 7.50. The van der Waals surface area contributed by atoms with Crippen molar-refractivity contribution in [3.8, 4) is 11.5 Å². The Morgan fingerprint density at radius 3 is 2.44 bits per heavy atom. The van der Waals surface area contributed by atoms with Gasteiger partial charge in [0, 0.05) is 30.9 Å². The minimum atomic E-state index is -0.415. The predicted octanol–water partition coefficient (Wildman–Crippen LogP) is 4.81. The van der Waals surface area contributed by atoms with Crippen LogP contribution in [-0.2, 0) is 9.59 Å². The molecule has 0 fully saturated rings. The van der Waals surface area contributed by atoms with E-state index >= 15 is 0 Å². The van der Waals surface area contributed by atoms with E-state index in [4.69, 9.17) is 21.1 Å². The maximum absolute atomic E-state index is 12.1. The number of thioether (sulfide) groups is 1. The molecule has 1 heterocycles. The topological polar surface area (TPSA) is 80.2 Å². The maximum Gasteiger partial charge on any atom is 0.241 e. The summed E-state index contributed by atoms with van der Waals surface area (Å²) in [6, 6.07) is 11.4. The second-order valence-corrected chi connectivity index (χ2v) is 8.83. The van der Waals surface area contributed by atoms with Crippen molar-refractivity contribution in [1.82, 2.24) is 10.3 Å². The Kier molecular flexibility index (Phi) is 8.04. The number of ether oxygens (including phenoxy) is 2. The highest BCUT2D eigenvalue weighted by Gasteiger charge is 2.34. The molecule has 0 spiro atoms. The number of rotatable bonds is 7. The molecule has 1 atom stereocenters. The summed E-state index contributed by atoms with van der Waals surface area (Å²) in [5.74, 6) is 0.983. The van der Waals surface area contributed by atoms with Gasteiger partial charge in [0.1, 0.15) is 16.9 Å². The minimum Gasteiger partial charge on any atom is -0.493 e. The first-order chi connectivity index (χ1) is 15.3. The molecule has 0 saturated heterocycles. The highest BCUT2D eigenvalue weighted by atomic mass is 35.5. The summed E-state index contributed by atoms with van der Waals surface area (Å²) in [6.45, 7) is 7.69. The lowest BCUT2D eigenvalue weighted by atomic mass is 10.1. The summed E-state index contributed by atoms with van der Waals surface area (Å²) in [5.41, 5.74) is 2.77. The standard InChI is InChI=1S/C23H26ClN3O4S/c1-14-12-18(13-15(2)21(14)24)30-10-7-11-31-20-9-6-5-8-19(20)22-27(17(4)29)26-23(32-22)25-16(3)28/h5-6,8-9,12-13,22H,7,10-11H2,1-4H3,(H,25,26,28)/t22-/m0/s1. The molecule has 32 heavy (non-hydrogen) atoms. The second-order valence-electron chi connectivity index (χ2n) is 7.38. The van der Waals surface area contributed by atoms with E-state index in [1.54, 1.807) is 0 Å². The lowest BCUT2D eigenvalue weighted by Crippen LogP contribution is -2.25. The van der Waals surface area contributed by atoms with E-state index in [9.17, 15) is 9.59 Å². The molecule has 170 valence electrons. The van der Waals surface area contributed by atoms with E-state index in [0.717, 1.165) is 27.5 Å². The van der Waals surface area contributed by atoms with Crippen molar-refractivity contribution in [2.75, 3.05) is 13.2 Å².